The van der Waals surface area contributed by atoms with E-state index in [4.69, 9.17) is 0 Å². The lowest BCUT2D eigenvalue weighted by Gasteiger charge is -2.06. The van der Waals surface area contributed by atoms with Gasteiger partial charge in [-0.1, -0.05) is 13.0 Å². The third-order valence-electron chi connectivity index (χ3n) is 2.79. The van der Waals surface area contributed by atoms with E-state index in [2.05, 4.69) is 34.5 Å². The summed E-state index contributed by atoms with van der Waals surface area (Å²) in [5.41, 5.74) is 3.33. The Morgan fingerprint density at radius 1 is 1.28 bits per heavy atom. The summed E-state index contributed by atoms with van der Waals surface area (Å²) in [6.07, 6.45) is 3.06. The van der Waals surface area contributed by atoms with E-state index >= 15 is 0 Å². The molecular weight excluding hydrogens is 224 g/mol. The van der Waals surface area contributed by atoms with E-state index < -0.39 is 0 Å². The third kappa shape index (κ3) is 2.96. The molecule has 2 heterocycles. The fourth-order valence-corrected chi connectivity index (χ4v) is 1.92. The highest BCUT2D eigenvalue weighted by Gasteiger charge is 2.04. The van der Waals surface area contributed by atoms with Crippen LogP contribution in [-0.2, 0) is 6.54 Å². The van der Waals surface area contributed by atoms with Crippen molar-refractivity contribution in [2.24, 2.45) is 0 Å². The van der Waals surface area contributed by atoms with Gasteiger partial charge in [-0.3, -0.25) is 0 Å². The Morgan fingerprint density at radius 2 is 2.11 bits per heavy atom. The van der Waals surface area contributed by atoms with Crippen LogP contribution in [0.25, 0.3) is 5.82 Å². The summed E-state index contributed by atoms with van der Waals surface area (Å²) in [5, 5.41) is 7.79. The van der Waals surface area contributed by atoms with Gasteiger partial charge >= 0.3 is 0 Å². The van der Waals surface area contributed by atoms with E-state index in [1.807, 2.05) is 30.8 Å². The number of hydrogen-bond acceptors (Lipinski definition) is 3. The maximum atomic E-state index is 4.46. The van der Waals surface area contributed by atoms with Gasteiger partial charge in [-0.25, -0.2) is 9.67 Å². The van der Waals surface area contributed by atoms with Gasteiger partial charge in [0.25, 0.3) is 0 Å². The van der Waals surface area contributed by atoms with Crippen molar-refractivity contribution < 1.29 is 0 Å². The first kappa shape index (κ1) is 12.8. The number of pyridine rings is 1. The number of hydrogen-bond donors (Lipinski definition) is 1. The lowest BCUT2D eigenvalue weighted by molar-refractivity contribution is 0.673. The third-order valence-corrected chi connectivity index (χ3v) is 2.79. The van der Waals surface area contributed by atoms with Crippen LogP contribution in [0.4, 0.5) is 0 Å². The van der Waals surface area contributed by atoms with Crippen LogP contribution in [0.15, 0.2) is 24.4 Å². The van der Waals surface area contributed by atoms with Crippen molar-refractivity contribution in [2.45, 2.75) is 33.7 Å². The molecule has 0 spiro atoms. The van der Waals surface area contributed by atoms with Gasteiger partial charge in [-0.2, -0.15) is 5.10 Å². The van der Waals surface area contributed by atoms with Crippen molar-refractivity contribution in [1.29, 1.82) is 0 Å². The van der Waals surface area contributed by atoms with Crippen molar-refractivity contribution in [2.75, 3.05) is 6.54 Å². The van der Waals surface area contributed by atoms with Crippen molar-refractivity contribution in [3.63, 3.8) is 0 Å². The quantitative estimate of drug-likeness (QED) is 0.821. The molecule has 0 amide bonds. The molecule has 0 saturated heterocycles. The van der Waals surface area contributed by atoms with Crippen LogP contribution in [0.5, 0.6) is 0 Å². The smallest absolute Gasteiger partial charge is 0.153 e. The van der Waals surface area contributed by atoms with Gasteiger partial charge in [-0.05, 0) is 44.5 Å². The molecule has 0 radical (unpaired) electrons. The Bertz CT molecular complexity index is 499. The molecule has 0 aromatic carbocycles. The maximum absolute atomic E-state index is 4.46. The van der Waals surface area contributed by atoms with E-state index in [-0.39, 0.29) is 0 Å². The second-order valence-electron chi connectivity index (χ2n) is 4.54. The monoisotopic (exact) mass is 244 g/mol. The molecule has 2 aromatic rings. The summed E-state index contributed by atoms with van der Waals surface area (Å²) in [7, 11) is 0. The molecule has 0 saturated carbocycles. The minimum Gasteiger partial charge on any atom is -0.313 e. The van der Waals surface area contributed by atoms with Gasteiger partial charge in [0.1, 0.15) is 0 Å². The molecule has 4 heteroatoms. The minimum absolute atomic E-state index is 0.873. The van der Waals surface area contributed by atoms with Crippen LogP contribution in [-0.4, -0.2) is 21.3 Å². The summed E-state index contributed by atoms with van der Waals surface area (Å²) >= 11 is 0. The summed E-state index contributed by atoms with van der Waals surface area (Å²) in [5.74, 6) is 0.875. The summed E-state index contributed by atoms with van der Waals surface area (Å²) < 4.78 is 1.87. The molecule has 2 aromatic heterocycles. The van der Waals surface area contributed by atoms with E-state index in [1.54, 1.807) is 0 Å². The molecule has 0 aliphatic rings. The molecule has 0 atom stereocenters. The largest absolute Gasteiger partial charge is 0.313 e. The predicted octanol–water partition coefficient (Wildman–Crippen LogP) is 2.38. The zero-order chi connectivity index (χ0) is 13.0. The second kappa shape index (κ2) is 5.78. The Balaban J connectivity index is 2.10. The van der Waals surface area contributed by atoms with Crippen molar-refractivity contribution in [1.82, 2.24) is 20.1 Å². The zero-order valence-corrected chi connectivity index (χ0v) is 11.3. The second-order valence-corrected chi connectivity index (χ2v) is 4.54. The standard InChI is InChI=1S/C14H20N4/c1-4-7-15-9-13-5-6-14(16-10-13)18-12(3)8-11(2)17-18/h5-6,8,10,15H,4,7,9H2,1-3H3. The first-order chi connectivity index (χ1) is 8.70. The minimum atomic E-state index is 0.873. The van der Waals surface area contributed by atoms with Crippen molar-refractivity contribution >= 4 is 0 Å². The predicted molar refractivity (Wildman–Crippen MR) is 72.8 cm³/mol. The van der Waals surface area contributed by atoms with Crippen molar-refractivity contribution in [3.05, 3.63) is 41.3 Å². The molecule has 0 aliphatic heterocycles. The van der Waals surface area contributed by atoms with E-state index in [9.17, 15) is 0 Å². The van der Waals surface area contributed by atoms with E-state index in [0.717, 1.165) is 36.7 Å². The topological polar surface area (TPSA) is 42.7 Å². The molecule has 18 heavy (non-hydrogen) atoms. The van der Waals surface area contributed by atoms with E-state index in [0.29, 0.717) is 0 Å². The van der Waals surface area contributed by atoms with Crippen LogP contribution < -0.4 is 5.32 Å². The molecule has 0 aliphatic carbocycles. The van der Waals surface area contributed by atoms with Crippen LogP contribution in [0.2, 0.25) is 0 Å². The summed E-state index contributed by atoms with van der Waals surface area (Å²) in [6, 6.07) is 6.17. The summed E-state index contributed by atoms with van der Waals surface area (Å²) in [6.45, 7) is 8.11. The first-order valence-electron chi connectivity index (χ1n) is 6.40. The van der Waals surface area contributed by atoms with Gasteiger partial charge < -0.3 is 5.32 Å². The van der Waals surface area contributed by atoms with E-state index in [1.165, 1.54) is 5.56 Å². The Labute approximate surface area is 108 Å². The molecular formula is C14H20N4. The van der Waals surface area contributed by atoms with Gasteiger partial charge in [0, 0.05) is 18.4 Å². The SMILES string of the molecule is CCCNCc1ccc(-n2nc(C)cc2C)nc1. The average molecular weight is 244 g/mol. The number of nitrogens with one attached hydrogen (secondary N) is 1. The fourth-order valence-electron chi connectivity index (χ4n) is 1.92. The fraction of sp³-hybridized carbons (Fsp3) is 0.429. The zero-order valence-electron chi connectivity index (χ0n) is 11.3. The number of nitrogens with zero attached hydrogens (tertiary/aromatic N) is 3. The highest BCUT2D eigenvalue weighted by molar-refractivity contribution is 5.27. The number of aryl methyl sites for hydroxylation is 2. The molecule has 0 unspecified atom stereocenters. The Morgan fingerprint density at radius 3 is 2.67 bits per heavy atom. The molecule has 1 N–H and O–H groups in total. The van der Waals surface area contributed by atoms with Crippen molar-refractivity contribution in [3.8, 4) is 5.82 Å². The first-order valence-corrected chi connectivity index (χ1v) is 6.40. The number of aromatic nitrogens is 3. The molecule has 96 valence electrons. The molecule has 0 fully saturated rings. The molecule has 2 rings (SSSR count). The highest BCUT2D eigenvalue weighted by Crippen LogP contribution is 2.10. The Hall–Kier alpha value is -1.68. The Kier molecular flexibility index (Phi) is 4.10. The van der Waals surface area contributed by atoms with Gasteiger partial charge in [0.05, 0.1) is 5.69 Å². The normalized spacial score (nSPS) is 10.8. The molecule has 0 bridgehead atoms. The van der Waals surface area contributed by atoms with Crippen LogP contribution in [0.1, 0.15) is 30.3 Å². The lowest BCUT2D eigenvalue weighted by atomic mass is 10.3. The molecule has 4 nitrogen and oxygen atoms in total. The maximum Gasteiger partial charge on any atom is 0.153 e. The van der Waals surface area contributed by atoms with Gasteiger partial charge in [-0.15, -0.1) is 0 Å². The van der Waals surface area contributed by atoms with Crippen LogP contribution in [0, 0.1) is 13.8 Å². The van der Waals surface area contributed by atoms with Crippen LogP contribution >= 0.6 is 0 Å². The average Bonchev–Trinajstić information content (AvgIpc) is 2.70. The summed E-state index contributed by atoms with van der Waals surface area (Å²) in [4.78, 5) is 4.46. The lowest BCUT2D eigenvalue weighted by Crippen LogP contribution is -2.14. The van der Waals surface area contributed by atoms with Gasteiger partial charge in [0.15, 0.2) is 5.82 Å². The van der Waals surface area contributed by atoms with Gasteiger partial charge in [0.2, 0.25) is 0 Å². The number of rotatable bonds is 5. The highest BCUT2D eigenvalue weighted by atomic mass is 15.3. The van der Waals surface area contributed by atoms with Crippen LogP contribution in [0.3, 0.4) is 0 Å².